The lowest BCUT2D eigenvalue weighted by molar-refractivity contribution is 0.670. The van der Waals surface area contributed by atoms with Crippen molar-refractivity contribution < 1.29 is 4.42 Å². The molecule has 3 nitrogen and oxygen atoms in total. The first kappa shape index (κ1) is 39.9. The molecular formula is C67H44N2O. The molecule has 0 saturated carbocycles. The van der Waals surface area contributed by atoms with E-state index in [1.165, 1.54) is 55.2 Å². The second-order valence-corrected chi connectivity index (χ2v) is 18.4. The van der Waals surface area contributed by atoms with Gasteiger partial charge in [0.1, 0.15) is 11.2 Å². The quantitative estimate of drug-likeness (QED) is 0.152. The summed E-state index contributed by atoms with van der Waals surface area (Å²) in [4.78, 5) is 2.45. The van der Waals surface area contributed by atoms with Crippen molar-refractivity contribution in [1.29, 1.82) is 0 Å². The fourth-order valence-corrected chi connectivity index (χ4v) is 11.7. The molecule has 0 saturated heterocycles. The highest BCUT2D eigenvalue weighted by atomic mass is 16.3. The fourth-order valence-electron chi connectivity index (χ4n) is 11.7. The molecule has 70 heavy (non-hydrogen) atoms. The van der Waals surface area contributed by atoms with E-state index in [0.717, 1.165) is 66.9 Å². The highest BCUT2D eigenvalue weighted by Gasteiger charge is 2.47. The maximum atomic E-state index is 6.53. The van der Waals surface area contributed by atoms with Gasteiger partial charge < -0.3 is 13.9 Å². The van der Waals surface area contributed by atoms with E-state index >= 15 is 0 Å². The number of anilines is 3. The summed E-state index contributed by atoms with van der Waals surface area (Å²) in [6, 6.07) is 97.2. The summed E-state index contributed by atoms with van der Waals surface area (Å²) in [7, 11) is 0. The molecule has 1 aliphatic rings. The van der Waals surface area contributed by atoms with Crippen LogP contribution in [0.1, 0.15) is 22.3 Å². The monoisotopic (exact) mass is 892 g/mol. The fraction of sp³-hybridized carbons (Fsp3) is 0.0149. The first-order valence-corrected chi connectivity index (χ1v) is 24.1. The Kier molecular flexibility index (Phi) is 9.11. The van der Waals surface area contributed by atoms with E-state index in [0.29, 0.717) is 0 Å². The number of furan rings is 1. The van der Waals surface area contributed by atoms with Crippen molar-refractivity contribution in [2.75, 3.05) is 4.90 Å². The average molecular weight is 893 g/mol. The number of aromatic nitrogens is 1. The molecule has 328 valence electrons. The topological polar surface area (TPSA) is 21.3 Å². The summed E-state index contributed by atoms with van der Waals surface area (Å²) in [5, 5.41) is 4.78. The molecule has 2 aromatic heterocycles. The smallest absolute Gasteiger partial charge is 0.143 e. The van der Waals surface area contributed by atoms with E-state index in [1.54, 1.807) is 0 Å². The lowest BCUT2D eigenvalue weighted by Crippen LogP contribution is -2.28. The van der Waals surface area contributed by atoms with E-state index in [-0.39, 0.29) is 0 Å². The lowest BCUT2D eigenvalue weighted by atomic mass is 9.68. The van der Waals surface area contributed by atoms with Gasteiger partial charge in [0.05, 0.1) is 22.1 Å². The third kappa shape index (κ3) is 6.01. The van der Waals surface area contributed by atoms with Gasteiger partial charge >= 0.3 is 0 Å². The molecule has 0 aliphatic heterocycles. The van der Waals surface area contributed by atoms with Crippen LogP contribution in [0, 0.1) is 0 Å². The standard InChI is InChI=1S/C67H44N2O/c1-3-17-48(18-4-1)67(49-19-5-2-6-20-49)59-27-11-7-24-58(59)65-60(67)28-16-31-63(65)68(51-43-37-47(38-44-51)53-25-15-26-57-56-23-10-14-32-64(56)70-66(53)57)50-39-33-45(34-40-50)46-35-41-52(42-36-46)69-61-29-12-8-21-54(61)55-22-9-13-30-62(55)69/h1-44H. The van der Waals surface area contributed by atoms with Gasteiger partial charge in [0.25, 0.3) is 0 Å². The molecule has 1 aliphatic carbocycles. The zero-order valence-electron chi connectivity index (χ0n) is 38.2. The zero-order chi connectivity index (χ0) is 46.2. The second-order valence-electron chi connectivity index (χ2n) is 18.4. The van der Waals surface area contributed by atoms with Crippen molar-refractivity contribution in [3.8, 4) is 39.1 Å². The number of nitrogens with zero attached hydrogens (tertiary/aromatic N) is 2. The molecule has 0 amide bonds. The summed E-state index contributed by atoms with van der Waals surface area (Å²) in [6.45, 7) is 0. The van der Waals surface area contributed by atoms with Gasteiger partial charge in [-0.3, -0.25) is 0 Å². The first-order chi connectivity index (χ1) is 34.7. The Morgan fingerprint density at radius 1 is 0.343 bits per heavy atom. The maximum absolute atomic E-state index is 6.53. The van der Waals surface area contributed by atoms with Crippen LogP contribution in [-0.2, 0) is 5.41 Å². The molecule has 14 rings (SSSR count). The van der Waals surface area contributed by atoms with Gasteiger partial charge in [-0.25, -0.2) is 0 Å². The third-order valence-corrected chi connectivity index (χ3v) is 14.7. The number of fused-ring (bicyclic) bond motifs is 9. The van der Waals surface area contributed by atoms with Crippen molar-refractivity contribution in [3.05, 3.63) is 289 Å². The largest absolute Gasteiger partial charge is 0.455 e. The van der Waals surface area contributed by atoms with Gasteiger partial charge in [0.15, 0.2) is 0 Å². The van der Waals surface area contributed by atoms with E-state index in [2.05, 4.69) is 264 Å². The minimum Gasteiger partial charge on any atom is -0.455 e. The van der Waals surface area contributed by atoms with Crippen molar-refractivity contribution in [1.82, 2.24) is 4.57 Å². The molecule has 0 unspecified atom stereocenters. The summed E-state index contributed by atoms with van der Waals surface area (Å²) in [5.74, 6) is 0. The van der Waals surface area contributed by atoms with Gasteiger partial charge in [0.2, 0.25) is 0 Å². The molecule has 0 bridgehead atoms. The minimum atomic E-state index is -0.527. The zero-order valence-corrected chi connectivity index (χ0v) is 38.2. The number of hydrogen-bond donors (Lipinski definition) is 0. The Morgan fingerprint density at radius 2 is 0.829 bits per heavy atom. The predicted molar refractivity (Wildman–Crippen MR) is 291 cm³/mol. The minimum absolute atomic E-state index is 0.527. The number of para-hydroxylation sites is 4. The summed E-state index contributed by atoms with van der Waals surface area (Å²) in [5.41, 5.74) is 20.1. The Balaban J connectivity index is 0.921. The van der Waals surface area contributed by atoms with Gasteiger partial charge in [-0.2, -0.15) is 0 Å². The van der Waals surface area contributed by atoms with Crippen LogP contribution < -0.4 is 4.90 Å². The molecule has 0 atom stereocenters. The van der Waals surface area contributed by atoms with Crippen LogP contribution in [0.3, 0.4) is 0 Å². The number of benzene rings is 11. The number of hydrogen-bond acceptors (Lipinski definition) is 2. The van der Waals surface area contributed by atoms with E-state index < -0.39 is 5.41 Å². The Bertz CT molecular complexity index is 4000. The summed E-state index contributed by atoms with van der Waals surface area (Å²) < 4.78 is 8.90. The Morgan fingerprint density at radius 3 is 1.49 bits per heavy atom. The molecular weight excluding hydrogens is 849 g/mol. The van der Waals surface area contributed by atoms with Gasteiger partial charge in [-0.05, 0) is 105 Å². The molecule has 3 heteroatoms. The van der Waals surface area contributed by atoms with Crippen LogP contribution in [0.5, 0.6) is 0 Å². The predicted octanol–water partition coefficient (Wildman–Crippen LogP) is 17.8. The SMILES string of the molecule is c1ccc(C2(c3ccccc3)c3ccccc3-c3c(N(c4ccc(-c5ccc(-n6c7ccccc7c7ccccc76)cc5)cc4)c4ccc(-c5cccc6c5oc5ccccc56)cc4)cccc32)cc1. The van der Waals surface area contributed by atoms with E-state index in [4.69, 9.17) is 4.42 Å². The molecule has 0 fully saturated rings. The van der Waals surface area contributed by atoms with Crippen molar-refractivity contribution in [2.45, 2.75) is 5.41 Å². The van der Waals surface area contributed by atoms with Gasteiger partial charge in [-0.15, -0.1) is 0 Å². The van der Waals surface area contributed by atoms with E-state index in [1.807, 2.05) is 12.1 Å². The highest BCUT2D eigenvalue weighted by Crippen LogP contribution is 2.59. The average Bonchev–Trinajstić information content (AvgIpc) is 4.09. The van der Waals surface area contributed by atoms with Crippen LogP contribution in [0.25, 0.3) is 82.8 Å². The first-order valence-electron chi connectivity index (χ1n) is 24.1. The summed E-state index contributed by atoms with van der Waals surface area (Å²) >= 11 is 0. The van der Waals surface area contributed by atoms with Crippen LogP contribution in [0.4, 0.5) is 17.1 Å². The Hall–Kier alpha value is -9.18. The van der Waals surface area contributed by atoms with Gasteiger partial charge in [-0.1, -0.05) is 206 Å². The van der Waals surface area contributed by atoms with Crippen molar-refractivity contribution in [3.63, 3.8) is 0 Å². The van der Waals surface area contributed by atoms with Crippen LogP contribution >= 0.6 is 0 Å². The highest BCUT2D eigenvalue weighted by molar-refractivity contribution is 6.10. The molecule has 0 N–H and O–H groups in total. The third-order valence-electron chi connectivity index (χ3n) is 14.7. The molecule has 2 heterocycles. The molecule has 13 aromatic rings. The van der Waals surface area contributed by atoms with E-state index in [9.17, 15) is 0 Å². The lowest BCUT2D eigenvalue weighted by Gasteiger charge is -2.34. The van der Waals surface area contributed by atoms with Gasteiger partial charge in [0, 0.05) is 49.7 Å². The maximum Gasteiger partial charge on any atom is 0.143 e. The summed E-state index contributed by atoms with van der Waals surface area (Å²) in [6.07, 6.45) is 0. The van der Waals surface area contributed by atoms with Crippen molar-refractivity contribution in [2.24, 2.45) is 0 Å². The molecule has 0 radical (unpaired) electrons. The normalized spacial score (nSPS) is 12.7. The molecule has 0 spiro atoms. The Labute approximate surface area is 406 Å². The van der Waals surface area contributed by atoms with Crippen LogP contribution in [0.2, 0.25) is 0 Å². The molecule has 11 aromatic carbocycles. The van der Waals surface area contributed by atoms with Crippen molar-refractivity contribution >= 4 is 60.8 Å². The second kappa shape index (κ2) is 16.0. The number of rotatable bonds is 8. The van der Waals surface area contributed by atoms with Crippen LogP contribution in [-0.4, -0.2) is 4.57 Å². The van der Waals surface area contributed by atoms with Crippen LogP contribution in [0.15, 0.2) is 271 Å².